The summed E-state index contributed by atoms with van der Waals surface area (Å²) in [6, 6.07) is 13.8. The highest BCUT2D eigenvalue weighted by atomic mass is 19.1. The molecule has 0 bridgehead atoms. The van der Waals surface area contributed by atoms with Gasteiger partial charge in [0, 0.05) is 18.3 Å². The Bertz CT molecular complexity index is 821. The van der Waals surface area contributed by atoms with Crippen molar-refractivity contribution in [1.82, 2.24) is 0 Å². The van der Waals surface area contributed by atoms with E-state index in [9.17, 15) is 14.3 Å². The number of aliphatic hydroxyl groups excluding tert-OH is 1. The van der Waals surface area contributed by atoms with Crippen LogP contribution in [-0.2, 0) is 9.53 Å². The molecule has 0 saturated heterocycles. The fourth-order valence-corrected chi connectivity index (χ4v) is 3.68. The summed E-state index contributed by atoms with van der Waals surface area (Å²) >= 11 is 0. The average Bonchev–Trinajstić information content (AvgIpc) is 2.95. The summed E-state index contributed by atoms with van der Waals surface area (Å²) < 4.78 is 25.1. The van der Waals surface area contributed by atoms with Crippen molar-refractivity contribution in [2.75, 3.05) is 19.8 Å². The monoisotopic (exact) mass is 388 g/mol. The fourth-order valence-electron chi connectivity index (χ4n) is 3.68. The summed E-state index contributed by atoms with van der Waals surface area (Å²) in [7, 11) is 0. The van der Waals surface area contributed by atoms with Crippen LogP contribution in [0.2, 0.25) is 0 Å². The van der Waals surface area contributed by atoms with Gasteiger partial charge in [0.1, 0.15) is 18.5 Å². The van der Waals surface area contributed by atoms with Gasteiger partial charge >= 0.3 is 5.97 Å². The number of carbonyl (C=O) groups is 1. The van der Waals surface area contributed by atoms with E-state index in [1.165, 1.54) is 0 Å². The maximum atomic E-state index is 14.3. The van der Waals surface area contributed by atoms with Crippen molar-refractivity contribution >= 4 is 16.7 Å². The third-order valence-corrected chi connectivity index (χ3v) is 5.15. The molecule has 0 aromatic heterocycles. The highest BCUT2D eigenvalue weighted by molar-refractivity contribution is 5.83. The Balaban J connectivity index is 1.55. The summed E-state index contributed by atoms with van der Waals surface area (Å²) in [6.45, 7) is 0.0468. The van der Waals surface area contributed by atoms with Crippen molar-refractivity contribution in [2.24, 2.45) is 11.8 Å². The third kappa shape index (κ3) is 5.30. The first-order chi connectivity index (χ1) is 13.5. The molecule has 3 rings (SSSR count). The number of benzene rings is 2. The molecular weight excluding hydrogens is 363 g/mol. The lowest BCUT2D eigenvalue weighted by molar-refractivity contribution is -0.141. The van der Waals surface area contributed by atoms with Crippen LogP contribution >= 0.6 is 0 Å². The summed E-state index contributed by atoms with van der Waals surface area (Å²) in [5, 5.41) is 20.9. The molecule has 28 heavy (non-hydrogen) atoms. The van der Waals surface area contributed by atoms with Gasteiger partial charge in [0.25, 0.3) is 0 Å². The highest BCUT2D eigenvalue weighted by Gasteiger charge is 2.42. The summed E-state index contributed by atoms with van der Waals surface area (Å²) in [6.07, 6.45) is 2.18. The van der Waals surface area contributed by atoms with E-state index in [1.807, 2.05) is 42.5 Å². The van der Waals surface area contributed by atoms with Gasteiger partial charge in [0.05, 0.1) is 19.3 Å². The molecule has 2 aromatic rings. The molecule has 4 atom stereocenters. The molecule has 0 spiro atoms. The highest BCUT2D eigenvalue weighted by Crippen LogP contribution is 2.37. The number of fused-ring (bicyclic) bond motifs is 1. The van der Waals surface area contributed by atoms with Crippen molar-refractivity contribution < 1.29 is 28.9 Å². The number of ether oxygens (including phenoxy) is 2. The molecule has 1 aliphatic rings. The van der Waals surface area contributed by atoms with Crippen LogP contribution in [0.15, 0.2) is 54.6 Å². The van der Waals surface area contributed by atoms with E-state index in [-0.39, 0.29) is 38.1 Å². The quantitative estimate of drug-likeness (QED) is 0.507. The van der Waals surface area contributed by atoms with Gasteiger partial charge < -0.3 is 19.7 Å². The van der Waals surface area contributed by atoms with E-state index in [0.29, 0.717) is 12.2 Å². The normalized spacial score (nSPS) is 24.8. The molecule has 1 unspecified atom stereocenters. The number of rotatable bonds is 9. The molecule has 1 aliphatic carbocycles. The number of carboxylic acid groups (broad SMARTS) is 1. The minimum atomic E-state index is -1.09. The molecule has 5 nitrogen and oxygen atoms in total. The van der Waals surface area contributed by atoms with E-state index in [0.717, 1.165) is 10.8 Å². The van der Waals surface area contributed by atoms with Crippen LogP contribution in [0.4, 0.5) is 4.39 Å². The topological polar surface area (TPSA) is 76.0 Å². The average molecular weight is 388 g/mol. The first-order valence-electron chi connectivity index (χ1n) is 9.43. The second-order valence-corrected chi connectivity index (χ2v) is 7.08. The van der Waals surface area contributed by atoms with Crippen molar-refractivity contribution in [3.05, 3.63) is 54.6 Å². The van der Waals surface area contributed by atoms with Crippen LogP contribution in [0.1, 0.15) is 12.8 Å². The van der Waals surface area contributed by atoms with Crippen LogP contribution < -0.4 is 4.74 Å². The van der Waals surface area contributed by atoms with Gasteiger partial charge in [-0.15, -0.1) is 0 Å². The smallest absolute Gasteiger partial charge is 0.329 e. The largest absolute Gasteiger partial charge is 0.493 e. The Labute approximate surface area is 163 Å². The van der Waals surface area contributed by atoms with Crippen molar-refractivity contribution in [3.8, 4) is 5.75 Å². The molecule has 150 valence electrons. The Morgan fingerprint density at radius 3 is 2.71 bits per heavy atom. The molecule has 0 heterocycles. The predicted octanol–water partition coefficient (Wildman–Crippen LogP) is 3.60. The molecule has 0 amide bonds. The zero-order chi connectivity index (χ0) is 19.9. The zero-order valence-electron chi connectivity index (χ0n) is 15.5. The molecule has 0 aliphatic heterocycles. The Morgan fingerprint density at radius 2 is 1.93 bits per heavy atom. The van der Waals surface area contributed by atoms with E-state index in [2.05, 4.69) is 0 Å². The van der Waals surface area contributed by atoms with Crippen LogP contribution in [0.25, 0.3) is 10.8 Å². The van der Waals surface area contributed by atoms with Crippen LogP contribution in [0, 0.1) is 11.8 Å². The minimum Gasteiger partial charge on any atom is -0.493 e. The Hall–Kier alpha value is -2.44. The number of aliphatic carboxylic acids is 1. The van der Waals surface area contributed by atoms with Crippen molar-refractivity contribution in [1.29, 1.82) is 0 Å². The van der Waals surface area contributed by atoms with E-state index >= 15 is 0 Å². The Kier molecular flexibility index (Phi) is 7.01. The third-order valence-electron chi connectivity index (χ3n) is 5.15. The fraction of sp³-hybridized carbons (Fsp3) is 0.409. The van der Waals surface area contributed by atoms with Gasteiger partial charge in [-0.3, -0.25) is 0 Å². The molecule has 2 aromatic carbocycles. The molecule has 1 fully saturated rings. The van der Waals surface area contributed by atoms with Gasteiger partial charge in [0.2, 0.25) is 0 Å². The molecule has 6 heteroatoms. The first kappa shape index (κ1) is 20.3. The lowest BCUT2D eigenvalue weighted by Gasteiger charge is -2.22. The van der Waals surface area contributed by atoms with Gasteiger partial charge in [-0.2, -0.15) is 0 Å². The number of carboxylic acids is 1. The van der Waals surface area contributed by atoms with Crippen LogP contribution in [0.5, 0.6) is 5.75 Å². The minimum absolute atomic E-state index is 0.111. The lowest BCUT2D eigenvalue weighted by atomic mass is 9.91. The van der Waals surface area contributed by atoms with Crippen molar-refractivity contribution in [2.45, 2.75) is 25.1 Å². The van der Waals surface area contributed by atoms with Crippen LogP contribution in [-0.4, -0.2) is 48.3 Å². The molecule has 2 N–H and O–H groups in total. The molecule has 1 saturated carbocycles. The second kappa shape index (κ2) is 9.66. The van der Waals surface area contributed by atoms with E-state index in [1.54, 1.807) is 12.2 Å². The van der Waals surface area contributed by atoms with Gasteiger partial charge in [-0.25, -0.2) is 9.18 Å². The summed E-state index contributed by atoms with van der Waals surface area (Å²) in [4.78, 5) is 10.4. The maximum absolute atomic E-state index is 14.3. The number of hydrogen-bond acceptors (Lipinski definition) is 4. The molecule has 0 radical (unpaired) electrons. The van der Waals surface area contributed by atoms with Gasteiger partial charge in [-0.05, 0) is 29.3 Å². The standard InChI is InChI=1S/C22H25FO5/c23-20-12-21(24)19(18(20)7-3-4-10-27-14-22(25)26)13-28-17-9-8-15-5-1-2-6-16(15)11-17/h1-6,8-9,11,18-21,24H,7,10,12-14H2,(H,25,26)/b4-3-/t18-,19-,20?,21-/m1/s1. The number of allylic oxidation sites excluding steroid dienone is 1. The lowest BCUT2D eigenvalue weighted by Crippen LogP contribution is -2.27. The van der Waals surface area contributed by atoms with Crippen molar-refractivity contribution in [3.63, 3.8) is 0 Å². The molecular formula is C22H25FO5. The summed E-state index contributed by atoms with van der Waals surface area (Å²) in [5.41, 5.74) is 0. The number of hydrogen-bond donors (Lipinski definition) is 2. The zero-order valence-corrected chi connectivity index (χ0v) is 15.5. The first-order valence-corrected chi connectivity index (χ1v) is 9.43. The number of alkyl halides is 1. The number of aliphatic hydroxyl groups is 1. The predicted molar refractivity (Wildman–Crippen MR) is 104 cm³/mol. The van der Waals surface area contributed by atoms with Crippen LogP contribution in [0.3, 0.4) is 0 Å². The maximum Gasteiger partial charge on any atom is 0.329 e. The Morgan fingerprint density at radius 1 is 1.14 bits per heavy atom. The van der Waals surface area contributed by atoms with Gasteiger partial charge in [-0.1, -0.05) is 42.5 Å². The summed E-state index contributed by atoms with van der Waals surface area (Å²) in [5.74, 6) is -0.969. The van der Waals surface area contributed by atoms with E-state index in [4.69, 9.17) is 14.6 Å². The SMILES string of the molecule is O=C(O)COC/C=C\C[C@H]1C(F)C[C@@H](O)[C@@H]1COc1ccc2ccccc2c1. The second-order valence-electron chi connectivity index (χ2n) is 7.08. The number of halogens is 1. The van der Waals surface area contributed by atoms with Gasteiger partial charge in [0.15, 0.2) is 0 Å². The van der Waals surface area contributed by atoms with E-state index < -0.39 is 18.2 Å².